The first kappa shape index (κ1) is 17.2. The lowest BCUT2D eigenvalue weighted by atomic mass is 10.1. The topological polar surface area (TPSA) is 74.7 Å². The number of carbonyl (C=O) groups is 1. The first-order valence-electron chi connectivity index (χ1n) is 7.27. The molecule has 1 aliphatic heterocycles. The molecule has 122 valence electrons. The van der Waals surface area contributed by atoms with Crippen molar-refractivity contribution in [2.24, 2.45) is 0 Å². The Bertz CT molecular complexity index is 625. The summed E-state index contributed by atoms with van der Waals surface area (Å²) < 4.78 is 23.5. The van der Waals surface area contributed by atoms with Crippen LogP contribution in [0.2, 0.25) is 5.02 Å². The van der Waals surface area contributed by atoms with E-state index < -0.39 is 9.84 Å². The number of benzene rings is 1. The van der Waals surface area contributed by atoms with Crippen molar-refractivity contribution in [1.29, 1.82) is 0 Å². The zero-order valence-electron chi connectivity index (χ0n) is 12.4. The van der Waals surface area contributed by atoms with Crippen LogP contribution in [-0.2, 0) is 9.84 Å². The Kier molecular flexibility index (Phi) is 5.47. The molecule has 0 aliphatic carbocycles. The Labute approximate surface area is 135 Å². The molecule has 22 heavy (non-hydrogen) atoms. The predicted octanol–water partition coefficient (Wildman–Crippen LogP) is 1.74. The van der Waals surface area contributed by atoms with Gasteiger partial charge < -0.3 is 10.0 Å². The quantitative estimate of drug-likeness (QED) is 0.882. The van der Waals surface area contributed by atoms with Gasteiger partial charge in [-0.05, 0) is 37.1 Å². The van der Waals surface area contributed by atoms with Crippen LogP contribution in [0, 0.1) is 0 Å². The van der Waals surface area contributed by atoms with Crippen LogP contribution in [0.4, 0.5) is 0 Å². The molecule has 0 radical (unpaired) electrons. The maximum atomic E-state index is 12.8. The summed E-state index contributed by atoms with van der Waals surface area (Å²) in [6.45, 7) is 1.68. The molecule has 2 rings (SSSR count). The lowest BCUT2D eigenvalue weighted by molar-refractivity contribution is 0.0485. The minimum absolute atomic E-state index is 0.0389. The molecule has 1 aromatic carbocycles. The summed E-state index contributed by atoms with van der Waals surface area (Å²) in [5, 5.41) is 10.1. The molecule has 0 bridgehead atoms. The Hall–Kier alpha value is -1.11. The van der Waals surface area contributed by atoms with Gasteiger partial charge in [0.25, 0.3) is 5.91 Å². The van der Waals surface area contributed by atoms with Crippen LogP contribution >= 0.6 is 11.6 Å². The van der Waals surface area contributed by atoms with Crippen LogP contribution in [0.25, 0.3) is 0 Å². The zero-order valence-corrected chi connectivity index (χ0v) is 14.0. The van der Waals surface area contributed by atoms with Gasteiger partial charge in [0, 0.05) is 16.6 Å². The highest BCUT2D eigenvalue weighted by Gasteiger charge is 2.37. The SMILES string of the molecule is CC[C@H](CO)N(C(=O)c1ccc(Cl)cc1)[C@@H]1CCS(=O)(=O)C1. The second-order valence-electron chi connectivity index (χ2n) is 5.52. The number of hydrogen-bond acceptors (Lipinski definition) is 4. The van der Waals surface area contributed by atoms with E-state index in [4.69, 9.17) is 11.6 Å². The minimum Gasteiger partial charge on any atom is -0.394 e. The van der Waals surface area contributed by atoms with E-state index in [2.05, 4.69) is 0 Å². The molecule has 0 saturated carbocycles. The summed E-state index contributed by atoms with van der Waals surface area (Å²) in [5.41, 5.74) is 0.445. The van der Waals surface area contributed by atoms with Crippen LogP contribution in [-0.4, -0.2) is 54.5 Å². The van der Waals surface area contributed by atoms with Crippen LogP contribution < -0.4 is 0 Å². The third kappa shape index (κ3) is 3.80. The Morgan fingerprint density at radius 3 is 2.50 bits per heavy atom. The monoisotopic (exact) mass is 345 g/mol. The van der Waals surface area contributed by atoms with Crippen molar-refractivity contribution in [3.05, 3.63) is 34.9 Å². The lowest BCUT2D eigenvalue weighted by Gasteiger charge is -2.34. The number of nitrogens with zero attached hydrogens (tertiary/aromatic N) is 1. The molecule has 0 aromatic heterocycles. The van der Waals surface area contributed by atoms with Crippen molar-refractivity contribution in [3.63, 3.8) is 0 Å². The fourth-order valence-electron chi connectivity index (χ4n) is 2.78. The van der Waals surface area contributed by atoms with E-state index in [1.54, 1.807) is 24.3 Å². The number of rotatable bonds is 5. The molecular weight excluding hydrogens is 326 g/mol. The highest BCUT2D eigenvalue weighted by Crippen LogP contribution is 2.24. The highest BCUT2D eigenvalue weighted by atomic mass is 35.5. The number of aliphatic hydroxyl groups excluding tert-OH is 1. The Morgan fingerprint density at radius 2 is 2.05 bits per heavy atom. The van der Waals surface area contributed by atoms with Gasteiger partial charge in [-0.2, -0.15) is 0 Å². The summed E-state index contributed by atoms with van der Waals surface area (Å²) in [6.07, 6.45) is 0.977. The fourth-order valence-corrected chi connectivity index (χ4v) is 4.62. The normalized spacial score (nSPS) is 21.5. The van der Waals surface area contributed by atoms with Gasteiger partial charge >= 0.3 is 0 Å². The third-order valence-electron chi connectivity index (χ3n) is 4.00. The van der Waals surface area contributed by atoms with Gasteiger partial charge in [-0.3, -0.25) is 4.79 Å². The molecule has 1 amide bonds. The first-order valence-corrected chi connectivity index (χ1v) is 9.47. The largest absolute Gasteiger partial charge is 0.394 e. The Morgan fingerprint density at radius 1 is 1.41 bits per heavy atom. The highest BCUT2D eigenvalue weighted by molar-refractivity contribution is 7.91. The van der Waals surface area contributed by atoms with Crippen LogP contribution in [0.1, 0.15) is 30.1 Å². The average Bonchev–Trinajstić information content (AvgIpc) is 2.84. The average molecular weight is 346 g/mol. The molecule has 5 nitrogen and oxygen atoms in total. The van der Waals surface area contributed by atoms with Crippen molar-refractivity contribution < 1.29 is 18.3 Å². The number of hydrogen-bond donors (Lipinski definition) is 1. The first-order chi connectivity index (χ1) is 10.4. The molecule has 7 heteroatoms. The Balaban J connectivity index is 2.31. The van der Waals surface area contributed by atoms with Gasteiger partial charge in [0.05, 0.1) is 24.2 Å². The van der Waals surface area contributed by atoms with Crippen molar-refractivity contribution in [3.8, 4) is 0 Å². The van der Waals surface area contributed by atoms with E-state index in [-0.39, 0.29) is 36.1 Å². The van der Waals surface area contributed by atoms with E-state index in [0.717, 1.165) is 0 Å². The van der Waals surface area contributed by atoms with Crippen molar-refractivity contribution in [2.75, 3.05) is 18.1 Å². The van der Waals surface area contributed by atoms with Gasteiger partial charge in [-0.15, -0.1) is 0 Å². The molecule has 0 spiro atoms. The van der Waals surface area contributed by atoms with Crippen molar-refractivity contribution in [1.82, 2.24) is 4.90 Å². The fraction of sp³-hybridized carbons (Fsp3) is 0.533. The summed E-state index contributed by atoms with van der Waals surface area (Å²) in [5.74, 6) is -0.216. The lowest BCUT2D eigenvalue weighted by Crippen LogP contribution is -2.49. The number of sulfone groups is 1. The molecule has 1 aliphatic rings. The van der Waals surface area contributed by atoms with E-state index in [1.807, 2.05) is 6.92 Å². The summed E-state index contributed by atoms with van der Waals surface area (Å²) >= 11 is 5.83. The van der Waals surface area contributed by atoms with E-state index in [9.17, 15) is 18.3 Å². The van der Waals surface area contributed by atoms with Crippen molar-refractivity contribution >= 4 is 27.3 Å². The number of halogens is 1. The van der Waals surface area contributed by atoms with E-state index in [1.165, 1.54) is 4.90 Å². The second kappa shape index (κ2) is 6.98. The number of amides is 1. The van der Waals surface area contributed by atoms with Crippen LogP contribution in [0.15, 0.2) is 24.3 Å². The number of aliphatic hydroxyl groups is 1. The molecule has 1 fully saturated rings. The molecule has 2 atom stereocenters. The number of carbonyl (C=O) groups excluding carboxylic acids is 1. The molecule has 1 saturated heterocycles. The van der Waals surface area contributed by atoms with Crippen LogP contribution in [0.5, 0.6) is 0 Å². The van der Waals surface area contributed by atoms with E-state index >= 15 is 0 Å². The zero-order chi connectivity index (χ0) is 16.3. The van der Waals surface area contributed by atoms with Crippen LogP contribution in [0.3, 0.4) is 0 Å². The van der Waals surface area contributed by atoms with Gasteiger partial charge in [0.15, 0.2) is 9.84 Å². The third-order valence-corrected chi connectivity index (χ3v) is 6.01. The maximum Gasteiger partial charge on any atom is 0.254 e. The molecule has 1 N–H and O–H groups in total. The maximum absolute atomic E-state index is 12.8. The predicted molar refractivity (Wildman–Crippen MR) is 85.8 cm³/mol. The summed E-state index contributed by atoms with van der Waals surface area (Å²) in [4.78, 5) is 14.3. The molecule has 0 unspecified atom stereocenters. The summed E-state index contributed by atoms with van der Waals surface area (Å²) in [6, 6.07) is 5.71. The van der Waals surface area contributed by atoms with Gasteiger partial charge in [0.1, 0.15) is 0 Å². The second-order valence-corrected chi connectivity index (χ2v) is 8.19. The van der Waals surface area contributed by atoms with Crippen molar-refractivity contribution in [2.45, 2.75) is 31.8 Å². The van der Waals surface area contributed by atoms with Gasteiger partial charge in [-0.1, -0.05) is 18.5 Å². The van der Waals surface area contributed by atoms with E-state index in [0.29, 0.717) is 23.4 Å². The molecule has 1 aromatic rings. The summed E-state index contributed by atoms with van der Waals surface area (Å²) in [7, 11) is -3.11. The molecule has 1 heterocycles. The van der Waals surface area contributed by atoms with Gasteiger partial charge in [0.2, 0.25) is 0 Å². The van der Waals surface area contributed by atoms with Gasteiger partial charge in [-0.25, -0.2) is 8.42 Å². The standard InChI is InChI=1S/C15H20ClNO4S/c1-2-13(9-18)17(14-7-8-22(20,21)10-14)15(19)11-3-5-12(16)6-4-11/h3-6,13-14,18H,2,7-10H2,1H3/t13-,14-/m1/s1. The minimum atomic E-state index is -3.11. The smallest absolute Gasteiger partial charge is 0.254 e. The molecular formula is C15H20ClNO4S.